The molecule has 1 N–H and O–H groups in total. The van der Waals surface area contributed by atoms with Gasteiger partial charge in [-0.15, -0.1) is 0 Å². The highest BCUT2D eigenvalue weighted by Gasteiger charge is 2.28. The molecule has 1 aliphatic heterocycles. The molecule has 2 aromatic heterocycles. The van der Waals surface area contributed by atoms with E-state index in [9.17, 15) is 9.18 Å². The topological polar surface area (TPSA) is 75.9 Å². The molecule has 23 heavy (non-hydrogen) atoms. The number of hydrogen-bond acceptors (Lipinski definition) is 5. The highest BCUT2D eigenvalue weighted by atomic mass is 19.1. The number of anilines is 2. The highest BCUT2D eigenvalue weighted by molar-refractivity contribution is 5.87. The summed E-state index contributed by atoms with van der Waals surface area (Å²) in [5, 5.41) is 7.00. The lowest BCUT2D eigenvalue weighted by molar-refractivity contribution is -0.114. The Kier molecular flexibility index (Phi) is 4.22. The zero-order chi connectivity index (χ0) is 16.4. The van der Waals surface area contributed by atoms with Crippen LogP contribution in [0.5, 0.6) is 0 Å². The van der Waals surface area contributed by atoms with Crippen LogP contribution in [0.2, 0.25) is 0 Å². The maximum atomic E-state index is 14.4. The van der Waals surface area contributed by atoms with Crippen molar-refractivity contribution in [1.29, 1.82) is 0 Å². The van der Waals surface area contributed by atoms with Crippen molar-refractivity contribution in [3.8, 4) is 0 Å². The average Bonchev–Trinajstić information content (AvgIpc) is 3.16. The minimum absolute atomic E-state index is 0.122. The average molecular weight is 318 g/mol. The second kappa shape index (κ2) is 6.31. The van der Waals surface area contributed by atoms with Crippen molar-refractivity contribution in [3.05, 3.63) is 30.1 Å². The Labute approximate surface area is 133 Å². The Morgan fingerprint density at radius 3 is 3.04 bits per heavy atom. The Hall–Kier alpha value is -2.51. The summed E-state index contributed by atoms with van der Waals surface area (Å²) in [7, 11) is 0. The van der Waals surface area contributed by atoms with Crippen molar-refractivity contribution in [2.75, 3.05) is 23.3 Å². The molecule has 0 unspecified atom stereocenters. The number of aromatic nitrogens is 4. The van der Waals surface area contributed by atoms with E-state index in [1.54, 1.807) is 6.07 Å². The van der Waals surface area contributed by atoms with Gasteiger partial charge in [0.1, 0.15) is 6.33 Å². The van der Waals surface area contributed by atoms with Crippen LogP contribution in [0.15, 0.2) is 18.6 Å². The van der Waals surface area contributed by atoms with E-state index in [0.717, 1.165) is 6.42 Å². The minimum Gasteiger partial charge on any atom is -0.352 e. The molecule has 1 saturated heterocycles. The monoisotopic (exact) mass is 318 g/mol. The summed E-state index contributed by atoms with van der Waals surface area (Å²) in [5.41, 5.74) is 0.436. The molecule has 1 aliphatic rings. The van der Waals surface area contributed by atoms with Gasteiger partial charge in [-0.25, -0.2) is 14.4 Å². The smallest absolute Gasteiger partial charge is 0.222 e. The third-order valence-electron chi connectivity index (χ3n) is 3.93. The third kappa shape index (κ3) is 3.15. The lowest BCUT2D eigenvalue weighted by Crippen LogP contribution is -2.24. The Balaban J connectivity index is 1.73. The van der Waals surface area contributed by atoms with Crippen LogP contribution in [0.4, 0.5) is 16.0 Å². The highest BCUT2D eigenvalue weighted by Crippen LogP contribution is 2.28. The number of nitrogens with one attached hydrogen (secondary N) is 1. The van der Waals surface area contributed by atoms with E-state index in [1.165, 1.54) is 13.3 Å². The van der Waals surface area contributed by atoms with Gasteiger partial charge >= 0.3 is 0 Å². The first-order chi connectivity index (χ1) is 11.1. The van der Waals surface area contributed by atoms with Crippen LogP contribution in [0.3, 0.4) is 0 Å². The van der Waals surface area contributed by atoms with Gasteiger partial charge in [-0.05, 0) is 12.8 Å². The van der Waals surface area contributed by atoms with E-state index in [2.05, 4.69) is 20.4 Å². The van der Waals surface area contributed by atoms with Crippen molar-refractivity contribution in [3.63, 3.8) is 0 Å². The molecule has 8 heteroatoms. The summed E-state index contributed by atoms with van der Waals surface area (Å²) in [6.45, 7) is 4.64. The van der Waals surface area contributed by atoms with Gasteiger partial charge in [0.2, 0.25) is 5.91 Å². The van der Waals surface area contributed by atoms with Crippen LogP contribution in [-0.2, 0) is 11.2 Å². The standard InChI is InChI=1S/C15H19FN6O/c1-3-12-14(16)15(18-9-17-12)21-6-4-11(8-21)22-7-5-13(20-22)19-10(2)23/h5,7,9,11H,3-4,6,8H2,1-2H3,(H,19,20,23)/t11-/m0/s1. The number of carbonyl (C=O) groups is 1. The summed E-state index contributed by atoms with van der Waals surface area (Å²) in [4.78, 5) is 21.0. The Morgan fingerprint density at radius 1 is 1.48 bits per heavy atom. The fraction of sp³-hybridized carbons (Fsp3) is 0.467. The number of hydrogen-bond donors (Lipinski definition) is 1. The van der Waals surface area contributed by atoms with Gasteiger partial charge in [0.25, 0.3) is 0 Å². The molecule has 0 spiro atoms. The summed E-state index contributed by atoms with van der Waals surface area (Å²) >= 11 is 0. The SMILES string of the molecule is CCc1ncnc(N2CC[C@H](n3ccc(NC(C)=O)n3)C2)c1F. The number of rotatable bonds is 4. The van der Waals surface area contributed by atoms with E-state index in [0.29, 0.717) is 36.8 Å². The predicted octanol–water partition coefficient (Wildman–Crippen LogP) is 1.78. The largest absolute Gasteiger partial charge is 0.352 e. The van der Waals surface area contributed by atoms with Crippen molar-refractivity contribution in [2.45, 2.75) is 32.7 Å². The van der Waals surface area contributed by atoms with Crippen LogP contribution < -0.4 is 10.2 Å². The summed E-state index contributed by atoms with van der Waals surface area (Å²) in [5.74, 6) is 0.388. The first-order valence-electron chi connectivity index (χ1n) is 7.65. The molecule has 7 nitrogen and oxygen atoms in total. The van der Waals surface area contributed by atoms with E-state index in [-0.39, 0.29) is 17.8 Å². The molecule has 0 aromatic carbocycles. The third-order valence-corrected chi connectivity index (χ3v) is 3.93. The lowest BCUT2D eigenvalue weighted by atomic mass is 10.3. The Morgan fingerprint density at radius 2 is 2.30 bits per heavy atom. The van der Waals surface area contributed by atoms with Gasteiger partial charge in [-0.3, -0.25) is 9.48 Å². The van der Waals surface area contributed by atoms with Gasteiger partial charge in [0, 0.05) is 32.3 Å². The maximum Gasteiger partial charge on any atom is 0.222 e. The molecule has 3 rings (SSSR count). The van der Waals surface area contributed by atoms with E-state index in [1.807, 2.05) is 22.7 Å². The summed E-state index contributed by atoms with van der Waals surface area (Å²) < 4.78 is 16.2. The fourth-order valence-corrected chi connectivity index (χ4v) is 2.80. The second-order valence-electron chi connectivity index (χ2n) is 5.56. The Bertz CT molecular complexity index is 716. The maximum absolute atomic E-state index is 14.4. The van der Waals surface area contributed by atoms with E-state index >= 15 is 0 Å². The normalized spacial score (nSPS) is 17.5. The predicted molar refractivity (Wildman–Crippen MR) is 83.8 cm³/mol. The molecule has 122 valence electrons. The first-order valence-corrected chi connectivity index (χ1v) is 7.65. The quantitative estimate of drug-likeness (QED) is 0.930. The summed E-state index contributed by atoms with van der Waals surface area (Å²) in [6.07, 6.45) is 4.62. The fourth-order valence-electron chi connectivity index (χ4n) is 2.80. The first kappa shape index (κ1) is 15.4. The van der Waals surface area contributed by atoms with Gasteiger partial charge in [-0.2, -0.15) is 5.10 Å². The molecule has 1 atom stereocenters. The van der Waals surface area contributed by atoms with Gasteiger partial charge in [-0.1, -0.05) is 6.92 Å². The number of halogens is 1. The van der Waals surface area contributed by atoms with Crippen LogP contribution in [-0.4, -0.2) is 38.7 Å². The van der Waals surface area contributed by atoms with E-state index in [4.69, 9.17) is 0 Å². The van der Waals surface area contributed by atoms with Crippen molar-refractivity contribution in [2.24, 2.45) is 0 Å². The summed E-state index contributed by atoms with van der Waals surface area (Å²) in [6, 6.07) is 1.88. The van der Waals surface area contributed by atoms with Gasteiger partial charge < -0.3 is 10.2 Å². The van der Waals surface area contributed by atoms with Crippen LogP contribution >= 0.6 is 0 Å². The van der Waals surface area contributed by atoms with Crippen LogP contribution in [0.25, 0.3) is 0 Å². The number of carbonyl (C=O) groups excluding carboxylic acids is 1. The van der Waals surface area contributed by atoms with Crippen LogP contribution in [0.1, 0.15) is 32.0 Å². The molecular weight excluding hydrogens is 299 g/mol. The number of nitrogens with zero attached hydrogens (tertiary/aromatic N) is 5. The van der Waals surface area contributed by atoms with Gasteiger partial charge in [0.05, 0.1) is 11.7 Å². The van der Waals surface area contributed by atoms with Crippen molar-refractivity contribution >= 4 is 17.5 Å². The van der Waals surface area contributed by atoms with Crippen LogP contribution in [0, 0.1) is 5.82 Å². The molecule has 0 bridgehead atoms. The number of aryl methyl sites for hydroxylation is 1. The molecule has 0 saturated carbocycles. The number of amides is 1. The zero-order valence-corrected chi connectivity index (χ0v) is 13.2. The zero-order valence-electron chi connectivity index (χ0n) is 13.2. The molecule has 0 aliphatic carbocycles. The van der Waals surface area contributed by atoms with Gasteiger partial charge in [0.15, 0.2) is 17.5 Å². The van der Waals surface area contributed by atoms with Crippen molar-refractivity contribution < 1.29 is 9.18 Å². The molecule has 1 fully saturated rings. The molecular formula is C15H19FN6O. The molecule has 1 amide bonds. The molecule has 3 heterocycles. The molecule has 2 aromatic rings. The molecule has 0 radical (unpaired) electrons. The minimum atomic E-state index is -0.338. The lowest BCUT2D eigenvalue weighted by Gasteiger charge is -2.18. The van der Waals surface area contributed by atoms with Crippen molar-refractivity contribution in [1.82, 2.24) is 19.7 Å². The second-order valence-corrected chi connectivity index (χ2v) is 5.56. The van der Waals surface area contributed by atoms with E-state index < -0.39 is 0 Å².